The molecule has 112 valence electrons. The van der Waals surface area contributed by atoms with E-state index >= 15 is 0 Å². The second-order valence-corrected chi connectivity index (χ2v) is 6.00. The molecule has 1 aromatic heterocycles. The van der Waals surface area contributed by atoms with Crippen molar-refractivity contribution in [1.82, 2.24) is 10.3 Å². The molecule has 0 spiro atoms. The van der Waals surface area contributed by atoms with E-state index in [1.54, 1.807) is 11.8 Å². The van der Waals surface area contributed by atoms with Crippen molar-refractivity contribution in [2.45, 2.75) is 56.9 Å². The lowest BCUT2D eigenvalue weighted by atomic mass is 10.1. The summed E-state index contributed by atoms with van der Waals surface area (Å²) in [7, 11) is 0. The van der Waals surface area contributed by atoms with Crippen LogP contribution in [0.4, 0.5) is 0 Å². The van der Waals surface area contributed by atoms with Crippen molar-refractivity contribution in [3.63, 3.8) is 0 Å². The fourth-order valence-corrected chi connectivity index (χ4v) is 2.69. The van der Waals surface area contributed by atoms with E-state index in [0.717, 1.165) is 30.2 Å². The molecular formula is C16H26N2OS. The Hall–Kier alpha value is -1.03. The quantitative estimate of drug-likeness (QED) is 0.495. The van der Waals surface area contributed by atoms with Crippen LogP contribution in [0.15, 0.2) is 29.4 Å². The lowest BCUT2D eigenvalue weighted by Gasteiger charge is -2.05. The van der Waals surface area contributed by atoms with Gasteiger partial charge >= 0.3 is 0 Å². The highest BCUT2D eigenvalue weighted by molar-refractivity contribution is 7.99. The third kappa shape index (κ3) is 8.97. The Bertz CT molecular complexity index is 357. The summed E-state index contributed by atoms with van der Waals surface area (Å²) in [4.78, 5) is 15.8. The van der Waals surface area contributed by atoms with Crippen LogP contribution in [0.2, 0.25) is 0 Å². The van der Waals surface area contributed by atoms with Gasteiger partial charge < -0.3 is 5.32 Å². The third-order valence-corrected chi connectivity index (χ3v) is 4.07. The van der Waals surface area contributed by atoms with Crippen molar-refractivity contribution in [3.8, 4) is 0 Å². The maximum atomic E-state index is 11.6. The van der Waals surface area contributed by atoms with Gasteiger partial charge in [-0.05, 0) is 25.0 Å². The summed E-state index contributed by atoms with van der Waals surface area (Å²) in [6, 6.07) is 5.93. The molecule has 4 heteroatoms. The standard InChI is InChI=1S/C16H26N2OS/c1-2-3-4-5-6-10-15(19)17-13-9-14-20-16-11-7-8-12-18-16/h7-8,11-12H,2-6,9-10,13-14H2,1H3,(H,17,19). The summed E-state index contributed by atoms with van der Waals surface area (Å²) < 4.78 is 0. The number of unbranched alkanes of at least 4 members (excludes halogenated alkanes) is 4. The summed E-state index contributed by atoms with van der Waals surface area (Å²) in [5, 5.41) is 4.04. The molecule has 0 aliphatic carbocycles. The van der Waals surface area contributed by atoms with Crippen molar-refractivity contribution >= 4 is 17.7 Å². The molecule has 0 bridgehead atoms. The Morgan fingerprint density at radius 3 is 2.80 bits per heavy atom. The van der Waals surface area contributed by atoms with Crippen molar-refractivity contribution in [1.29, 1.82) is 0 Å². The minimum atomic E-state index is 0.198. The Balaban J connectivity index is 1.91. The van der Waals surface area contributed by atoms with E-state index in [9.17, 15) is 4.79 Å². The summed E-state index contributed by atoms with van der Waals surface area (Å²) in [5.74, 6) is 1.19. The van der Waals surface area contributed by atoms with E-state index in [4.69, 9.17) is 0 Å². The number of hydrogen-bond acceptors (Lipinski definition) is 3. The highest BCUT2D eigenvalue weighted by atomic mass is 32.2. The molecular weight excluding hydrogens is 268 g/mol. The monoisotopic (exact) mass is 294 g/mol. The van der Waals surface area contributed by atoms with Crippen LogP contribution in [0.1, 0.15) is 51.9 Å². The molecule has 1 N–H and O–H groups in total. The highest BCUT2D eigenvalue weighted by Crippen LogP contribution is 2.14. The number of amides is 1. The number of aromatic nitrogens is 1. The van der Waals surface area contributed by atoms with Crippen LogP contribution in [0.5, 0.6) is 0 Å². The zero-order chi connectivity index (χ0) is 14.5. The average molecular weight is 294 g/mol. The van der Waals surface area contributed by atoms with Crippen molar-refractivity contribution in [2.75, 3.05) is 12.3 Å². The first kappa shape index (κ1) is 17.0. The van der Waals surface area contributed by atoms with Crippen molar-refractivity contribution < 1.29 is 4.79 Å². The number of thioether (sulfide) groups is 1. The normalized spacial score (nSPS) is 10.4. The van der Waals surface area contributed by atoms with Crippen molar-refractivity contribution in [3.05, 3.63) is 24.4 Å². The van der Waals surface area contributed by atoms with Crippen LogP contribution in [-0.2, 0) is 4.79 Å². The maximum absolute atomic E-state index is 11.6. The van der Waals surface area contributed by atoms with E-state index in [1.165, 1.54) is 25.7 Å². The van der Waals surface area contributed by atoms with E-state index in [2.05, 4.69) is 17.2 Å². The molecule has 20 heavy (non-hydrogen) atoms. The van der Waals surface area contributed by atoms with Crippen LogP contribution >= 0.6 is 11.8 Å². The third-order valence-electron chi connectivity index (χ3n) is 3.04. The van der Waals surface area contributed by atoms with Gasteiger partial charge in [0, 0.05) is 24.9 Å². The Labute approximate surface area is 126 Å². The molecule has 1 rings (SSSR count). The predicted octanol–water partition coefficient (Wildman–Crippen LogP) is 4.04. The maximum Gasteiger partial charge on any atom is 0.219 e. The highest BCUT2D eigenvalue weighted by Gasteiger charge is 2.00. The zero-order valence-corrected chi connectivity index (χ0v) is 13.3. The molecule has 0 saturated carbocycles. The van der Waals surface area contributed by atoms with Gasteiger partial charge in [-0.1, -0.05) is 38.7 Å². The Kier molecular flexibility index (Phi) is 10.0. The first-order valence-corrected chi connectivity index (χ1v) is 8.62. The molecule has 1 heterocycles. The number of pyridine rings is 1. The topological polar surface area (TPSA) is 42.0 Å². The van der Waals surface area contributed by atoms with Crippen LogP contribution in [0, 0.1) is 0 Å². The molecule has 1 amide bonds. The van der Waals surface area contributed by atoms with Gasteiger partial charge in [-0.3, -0.25) is 4.79 Å². The molecule has 0 atom stereocenters. The number of carbonyl (C=O) groups excluding carboxylic acids is 1. The number of nitrogens with zero attached hydrogens (tertiary/aromatic N) is 1. The second kappa shape index (κ2) is 11.8. The Morgan fingerprint density at radius 1 is 1.20 bits per heavy atom. The van der Waals surface area contributed by atoms with Gasteiger partial charge in [0.05, 0.1) is 5.03 Å². The molecule has 0 fully saturated rings. The van der Waals surface area contributed by atoms with Gasteiger partial charge in [0.2, 0.25) is 5.91 Å². The van der Waals surface area contributed by atoms with Gasteiger partial charge in [0.15, 0.2) is 0 Å². The van der Waals surface area contributed by atoms with Crippen LogP contribution < -0.4 is 5.32 Å². The van der Waals surface area contributed by atoms with Gasteiger partial charge in [0.1, 0.15) is 0 Å². The first-order chi connectivity index (χ1) is 9.83. The molecule has 3 nitrogen and oxygen atoms in total. The number of rotatable bonds is 11. The SMILES string of the molecule is CCCCCCCC(=O)NCCCSc1ccccn1. The van der Waals surface area contributed by atoms with E-state index in [0.29, 0.717) is 6.42 Å². The fraction of sp³-hybridized carbons (Fsp3) is 0.625. The van der Waals surface area contributed by atoms with Crippen LogP contribution in [0.3, 0.4) is 0 Å². The van der Waals surface area contributed by atoms with E-state index in [1.807, 2.05) is 24.4 Å². The van der Waals surface area contributed by atoms with Gasteiger partial charge in [-0.25, -0.2) is 4.98 Å². The van der Waals surface area contributed by atoms with E-state index in [-0.39, 0.29) is 5.91 Å². The minimum absolute atomic E-state index is 0.198. The second-order valence-electron chi connectivity index (χ2n) is 4.88. The molecule has 0 aliphatic rings. The number of nitrogens with one attached hydrogen (secondary N) is 1. The van der Waals surface area contributed by atoms with Crippen LogP contribution in [-0.4, -0.2) is 23.2 Å². The number of hydrogen-bond donors (Lipinski definition) is 1. The fourth-order valence-electron chi connectivity index (χ4n) is 1.89. The summed E-state index contributed by atoms with van der Waals surface area (Å²) >= 11 is 1.74. The van der Waals surface area contributed by atoms with Gasteiger partial charge in [0.25, 0.3) is 0 Å². The zero-order valence-electron chi connectivity index (χ0n) is 12.4. The molecule has 0 aromatic carbocycles. The minimum Gasteiger partial charge on any atom is -0.356 e. The molecule has 0 radical (unpaired) electrons. The largest absolute Gasteiger partial charge is 0.356 e. The van der Waals surface area contributed by atoms with Gasteiger partial charge in [-0.2, -0.15) is 0 Å². The molecule has 0 aliphatic heterocycles. The smallest absolute Gasteiger partial charge is 0.219 e. The summed E-state index contributed by atoms with van der Waals surface area (Å²) in [6.07, 6.45) is 9.46. The molecule has 0 unspecified atom stereocenters. The first-order valence-electron chi connectivity index (χ1n) is 7.63. The predicted molar refractivity (Wildman–Crippen MR) is 86.0 cm³/mol. The molecule has 0 saturated heterocycles. The lowest BCUT2D eigenvalue weighted by Crippen LogP contribution is -2.24. The van der Waals surface area contributed by atoms with Gasteiger partial charge in [-0.15, -0.1) is 11.8 Å². The van der Waals surface area contributed by atoms with E-state index < -0.39 is 0 Å². The Morgan fingerprint density at radius 2 is 2.05 bits per heavy atom. The average Bonchev–Trinajstić information content (AvgIpc) is 2.48. The summed E-state index contributed by atoms with van der Waals surface area (Å²) in [6.45, 7) is 2.98. The van der Waals surface area contributed by atoms with Crippen LogP contribution in [0.25, 0.3) is 0 Å². The summed E-state index contributed by atoms with van der Waals surface area (Å²) in [5.41, 5.74) is 0. The lowest BCUT2D eigenvalue weighted by molar-refractivity contribution is -0.121. The van der Waals surface area contributed by atoms with Crippen molar-refractivity contribution in [2.24, 2.45) is 0 Å². The number of carbonyl (C=O) groups is 1. The molecule has 1 aromatic rings.